The molecular formula is C13H13F8O8S-. The zero-order chi connectivity index (χ0) is 24.2. The Hall–Kier alpha value is -2.01. The Morgan fingerprint density at radius 1 is 1.03 bits per heavy atom. The molecule has 0 bridgehead atoms. The van der Waals surface area contributed by atoms with Crippen molar-refractivity contribution < 1.29 is 71.9 Å². The minimum absolute atomic E-state index is 0.399. The van der Waals surface area contributed by atoms with E-state index in [0.29, 0.717) is 7.11 Å². The van der Waals surface area contributed by atoms with Crippen LogP contribution in [-0.2, 0) is 33.9 Å². The second-order valence-corrected chi connectivity index (χ2v) is 6.80. The van der Waals surface area contributed by atoms with E-state index in [9.17, 15) is 57.7 Å². The van der Waals surface area contributed by atoms with Gasteiger partial charge in [-0.05, 0) is 12.8 Å². The molecule has 0 saturated heterocycles. The maximum atomic E-state index is 13.2. The van der Waals surface area contributed by atoms with Crippen LogP contribution in [0.25, 0.3) is 0 Å². The van der Waals surface area contributed by atoms with Crippen LogP contribution in [0.2, 0.25) is 0 Å². The van der Waals surface area contributed by atoms with Gasteiger partial charge < -0.3 is 18.8 Å². The Bertz CT molecular complexity index is 764. The number of halogens is 8. The first-order chi connectivity index (χ1) is 13.3. The number of carbonyl (C=O) groups excluding carboxylic acids is 2. The molecule has 0 N–H and O–H groups in total. The van der Waals surface area contributed by atoms with E-state index in [1.807, 2.05) is 0 Å². The molecule has 1 atom stereocenters. The summed E-state index contributed by atoms with van der Waals surface area (Å²) in [6.07, 6.45) is -9.97. The number of methoxy groups -OCH3 is 1. The fourth-order valence-electron chi connectivity index (χ4n) is 1.70. The summed E-state index contributed by atoms with van der Waals surface area (Å²) in [4.78, 5) is 22.6. The standard InChI is InChI=1S/C13H14F8O8S/c1-7(14)8(22)29-11(9(23)27-2,12(17,18)19)28-6-4-3-5-10(15,16)13(20,21)30(24,25)26/h1,3-6H2,2H3,(H,24,25,26)/p-1. The molecule has 17 heteroatoms. The Morgan fingerprint density at radius 3 is 1.90 bits per heavy atom. The van der Waals surface area contributed by atoms with Gasteiger partial charge in [0.1, 0.15) is 0 Å². The number of rotatable bonds is 11. The van der Waals surface area contributed by atoms with Crippen molar-refractivity contribution in [1.82, 2.24) is 0 Å². The van der Waals surface area contributed by atoms with Crippen molar-refractivity contribution >= 4 is 22.1 Å². The van der Waals surface area contributed by atoms with E-state index in [1.165, 1.54) is 0 Å². The van der Waals surface area contributed by atoms with Gasteiger partial charge in [0.2, 0.25) is 5.83 Å². The summed E-state index contributed by atoms with van der Waals surface area (Å²) in [6, 6.07) is 0. The number of alkyl halides is 7. The van der Waals surface area contributed by atoms with Crippen molar-refractivity contribution in [2.24, 2.45) is 0 Å². The third kappa shape index (κ3) is 6.00. The number of ether oxygens (including phenoxy) is 3. The molecule has 30 heavy (non-hydrogen) atoms. The number of unbranched alkanes of at least 4 members (excludes halogenated alkanes) is 1. The van der Waals surface area contributed by atoms with Gasteiger partial charge in [-0.15, -0.1) is 0 Å². The lowest BCUT2D eigenvalue weighted by molar-refractivity contribution is -0.354. The van der Waals surface area contributed by atoms with E-state index in [-0.39, 0.29) is 0 Å². The molecule has 0 aliphatic rings. The van der Waals surface area contributed by atoms with Crippen LogP contribution in [-0.4, -0.2) is 61.8 Å². The molecule has 0 heterocycles. The predicted molar refractivity (Wildman–Crippen MR) is 76.5 cm³/mol. The quantitative estimate of drug-likeness (QED) is 0.110. The van der Waals surface area contributed by atoms with Crippen LogP contribution < -0.4 is 0 Å². The topological polar surface area (TPSA) is 119 Å². The van der Waals surface area contributed by atoms with Crippen LogP contribution in [0.4, 0.5) is 35.1 Å². The molecule has 0 aromatic heterocycles. The largest absolute Gasteiger partial charge is 0.743 e. The van der Waals surface area contributed by atoms with Gasteiger partial charge in [0.25, 0.3) is 0 Å². The fourth-order valence-corrected chi connectivity index (χ4v) is 2.17. The molecule has 0 rings (SSSR count). The maximum Gasteiger partial charge on any atom is 0.468 e. The van der Waals surface area contributed by atoms with E-state index in [2.05, 4.69) is 20.8 Å². The molecule has 1 unspecified atom stereocenters. The molecule has 0 spiro atoms. The lowest BCUT2D eigenvalue weighted by atomic mass is 10.1. The van der Waals surface area contributed by atoms with Crippen LogP contribution in [0.3, 0.4) is 0 Å². The van der Waals surface area contributed by atoms with Gasteiger partial charge in [-0.2, -0.15) is 35.1 Å². The molecule has 0 aromatic rings. The summed E-state index contributed by atoms with van der Waals surface area (Å²) in [6.45, 7) is 0.972. The summed E-state index contributed by atoms with van der Waals surface area (Å²) >= 11 is 0. The fraction of sp³-hybridized carbons (Fsp3) is 0.692. The Kier molecular flexibility index (Phi) is 8.79. The molecular weight excluding hydrogens is 468 g/mol. The summed E-state index contributed by atoms with van der Waals surface area (Å²) < 4.78 is 147. The highest BCUT2D eigenvalue weighted by atomic mass is 32.2. The van der Waals surface area contributed by atoms with Crippen LogP contribution in [0.15, 0.2) is 12.4 Å². The van der Waals surface area contributed by atoms with Gasteiger partial charge in [-0.25, -0.2) is 18.0 Å². The molecule has 176 valence electrons. The number of carbonyl (C=O) groups is 2. The van der Waals surface area contributed by atoms with Gasteiger partial charge in [0.05, 0.1) is 13.7 Å². The van der Waals surface area contributed by atoms with Crippen LogP contribution in [0.5, 0.6) is 0 Å². The van der Waals surface area contributed by atoms with Gasteiger partial charge in [0.15, 0.2) is 10.1 Å². The molecule has 0 radical (unpaired) electrons. The minimum atomic E-state index is -6.76. The predicted octanol–water partition coefficient (Wildman–Crippen LogP) is 2.40. The monoisotopic (exact) mass is 481 g/mol. The first-order valence-electron chi connectivity index (χ1n) is 7.34. The summed E-state index contributed by atoms with van der Waals surface area (Å²) in [7, 11) is -6.36. The summed E-state index contributed by atoms with van der Waals surface area (Å²) in [5.41, 5.74) is 0. The average Bonchev–Trinajstić information content (AvgIpc) is 2.56. The summed E-state index contributed by atoms with van der Waals surface area (Å²) in [5.74, 6) is -16.8. The lowest BCUT2D eigenvalue weighted by Crippen LogP contribution is -2.58. The first kappa shape index (κ1) is 28.0. The molecule has 0 fully saturated rings. The van der Waals surface area contributed by atoms with Crippen LogP contribution in [0, 0.1) is 0 Å². The third-order valence-corrected chi connectivity index (χ3v) is 4.14. The second kappa shape index (κ2) is 9.42. The van der Waals surface area contributed by atoms with E-state index in [1.54, 1.807) is 0 Å². The highest BCUT2D eigenvalue weighted by Crippen LogP contribution is 2.42. The zero-order valence-corrected chi connectivity index (χ0v) is 15.5. The average molecular weight is 481 g/mol. The maximum absolute atomic E-state index is 13.2. The van der Waals surface area contributed by atoms with E-state index < -0.39 is 76.9 Å². The van der Waals surface area contributed by atoms with Crippen molar-refractivity contribution in [2.75, 3.05) is 13.7 Å². The molecule has 8 nitrogen and oxygen atoms in total. The van der Waals surface area contributed by atoms with E-state index >= 15 is 0 Å². The lowest BCUT2D eigenvalue weighted by Gasteiger charge is -2.31. The summed E-state index contributed by atoms with van der Waals surface area (Å²) in [5, 5.41) is -6.00. The zero-order valence-electron chi connectivity index (χ0n) is 14.7. The van der Waals surface area contributed by atoms with Crippen LogP contribution >= 0.6 is 0 Å². The smallest absolute Gasteiger partial charge is 0.468 e. The minimum Gasteiger partial charge on any atom is -0.743 e. The first-order valence-corrected chi connectivity index (χ1v) is 8.75. The normalized spacial score (nSPS) is 15.3. The molecule has 0 aromatic carbocycles. The van der Waals surface area contributed by atoms with Gasteiger partial charge in [0, 0.05) is 6.42 Å². The number of hydrogen-bond acceptors (Lipinski definition) is 8. The molecule has 0 aliphatic heterocycles. The van der Waals surface area contributed by atoms with Crippen LogP contribution in [0.1, 0.15) is 19.3 Å². The SMILES string of the molecule is C=C(F)C(=O)OC(OCCCCC(F)(F)C(F)(F)S(=O)(=O)[O-])(C(=O)OC)C(F)(F)F. The highest BCUT2D eigenvalue weighted by Gasteiger charge is 2.68. The van der Waals surface area contributed by atoms with Gasteiger partial charge >= 0.3 is 35.1 Å². The second-order valence-electron chi connectivity index (χ2n) is 5.38. The Labute approximate surface area is 163 Å². The van der Waals surface area contributed by atoms with Crippen molar-refractivity contribution in [2.45, 2.75) is 42.4 Å². The van der Waals surface area contributed by atoms with Crippen molar-refractivity contribution in [3.05, 3.63) is 12.4 Å². The Balaban J connectivity index is 5.35. The molecule has 0 aliphatic carbocycles. The van der Waals surface area contributed by atoms with Crippen molar-refractivity contribution in [3.8, 4) is 0 Å². The molecule has 0 saturated carbocycles. The number of hydrogen-bond donors (Lipinski definition) is 0. The van der Waals surface area contributed by atoms with E-state index in [4.69, 9.17) is 0 Å². The van der Waals surface area contributed by atoms with E-state index in [0.717, 1.165) is 0 Å². The Morgan fingerprint density at radius 2 is 1.53 bits per heavy atom. The highest BCUT2D eigenvalue weighted by molar-refractivity contribution is 7.86. The molecule has 0 amide bonds. The van der Waals surface area contributed by atoms with Crippen molar-refractivity contribution in [3.63, 3.8) is 0 Å². The number of esters is 2. The van der Waals surface area contributed by atoms with Gasteiger partial charge in [-0.1, -0.05) is 6.58 Å². The van der Waals surface area contributed by atoms with Crippen molar-refractivity contribution in [1.29, 1.82) is 0 Å². The third-order valence-electron chi connectivity index (χ3n) is 3.22. The van der Waals surface area contributed by atoms with Gasteiger partial charge in [-0.3, -0.25) is 0 Å².